The molecule has 0 fully saturated rings. The highest BCUT2D eigenvalue weighted by atomic mass is 31.2. The van der Waals surface area contributed by atoms with Crippen molar-refractivity contribution >= 4 is 19.8 Å². The van der Waals surface area contributed by atoms with E-state index in [0.29, 0.717) is 12.8 Å². The standard InChI is InChI=1S/C38H65O10P/c1-3-5-7-9-11-13-15-16-17-18-20-22-24-26-28-30-38(42)48-36(34-47-49(43,44)46-32-35(40)31-39)33-45-37(41)29-27-25-23-21-19-14-12-10-8-6-4-2/h5,7,10-13,16-17,20,22,35-36,39-40H,3-4,6,8-9,14-15,18-19,21,23-34H2,1-2H3,(H,43,44)/b7-5-,12-10-,13-11-,17-16-,22-20-. The topological polar surface area (TPSA) is 149 Å². The van der Waals surface area contributed by atoms with Crippen molar-refractivity contribution in [3.63, 3.8) is 0 Å². The predicted molar refractivity (Wildman–Crippen MR) is 196 cm³/mol. The molecule has 3 unspecified atom stereocenters. The molecule has 0 rings (SSSR count). The smallest absolute Gasteiger partial charge is 0.462 e. The van der Waals surface area contributed by atoms with E-state index in [1.165, 1.54) is 12.8 Å². The van der Waals surface area contributed by atoms with Gasteiger partial charge in [0.25, 0.3) is 0 Å². The van der Waals surface area contributed by atoms with Gasteiger partial charge in [0.15, 0.2) is 6.10 Å². The fourth-order valence-electron chi connectivity index (χ4n) is 4.32. The van der Waals surface area contributed by atoms with Gasteiger partial charge in [-0.05, 0) is 70.6 Å². The number of aliphatic hydroxyl groups excluding tert-OH is 2. The summed E-state index contributed by atoms with van der Waals surface area (Å²) in [6, 6.07) is 0. The van der Waals surface area contributed by atoms with Gasteiger partial charge in [-0.15, -0.1) is 0 Å². The summed E-state index contributed by atoms with van der Waals surface area (Å²) in [6.07, 6.45) is 34.9. The van der Waals surface area contributed by atoms with Crippen LogP contribution in [0.2, 0.25) is 0 Å². The van der Waals surface area contributed by atoms with Crippen molar-refractivity contribution in [1.29, 1.82) is 0 Å². The van der Waals surface area contributed by atoms with Crippen molar-refractivity contribution in [3.8, 4) is 0 Å². The zero-order valence-electron chi connectivity index (χ0n) is 30.1. The number of ether oxygens (including phenoxy) is 2. The molecule has 49 heavy (non-hydrogen) atoms. The van der Waals surface area contributed by atoms with Crippen molar-refractivity contribution in [1.82, 2.24) is 0 Å². The molecule has 0 spiro atoms. The van der Waals surface area contributed by atoms with Gasteiger partial charge in [-0.3, -0.25) is 18.6 Å². The van der Waals surface area contributed by atoms with Crippen molar-refractivity contribution in [2.24, 2.45) is 0 Å². The molecule has 0 aliphatic rings. The normalized spacial score (nSPS) is 14.8. The summed E-state index contributed by atoms with van der Waals surface area (Å²) in [5.41, 5.74) is 0. The molecule has 0 heterocycles. The van der Waals surface area contributed by atoms with Crippen molar-refractivity contribution in [3.05, 3.63) is 60.8 Å². The Kier molecular flexibility index (Phi) is 32.5. The predicted octanol–water partition coefficient (Wildman–Crippen LogP) is 8.77. The Bertz CT molecular complexity index is 1000. The Balaban J connectivity index is 4.50. The second-order valence-electron chi connectivity index (χ2n) is 11.9. The van der Waals surface area contributed by atoms with E-state index in [1.807, 2.05) is 0 Å². The van der Waals surface area contributed by atoms with Crippen molar-refractivity contribution < 1.29 is 47.8 Å². The van der Waals surface area contributed by atoms with E-state index < -0.39 is 51.8 Å². The number of hydrogen-bond donors (Lipinski definition) is 3. The molecule has 3 atom stereocenters. The Labute approximate surface area is 296 Å². The number of phosphoric acid groups is 1. The maximum atomic E-state index is 12.5. The zero-order valence-corrected chi connectivity index (χ0v) is 31.0. The molecule has 0 saturated carbocycles. The molecule has 0 bridgehead atoms. The molecular weight excluding hydrogens is 647 g/mol. The van der Waals surface area contributed by atoms with E-state index in [2.05, 4.69) is 79.1 Å². The minimum Gasteiger partial charge on any atom is -0.462 e. The van der Waals surface area contributed by atoms with Crippen LogP contribution < -0.4 is 0 Å². The van der Waals surface area contributed by atoms with Crippen LogP contribution in [0.4, 0.5) is 0 Å². The first-order chi connectivity index (χ1) is 23.7. The minimum atomic E-state index is -4.62. The molecule has 0 aliphatic heterocycles. The number of hydrogen-bond acceptors (Lipinski definition) is 9. The highest BCUT2D eigenvalue weighted by molar-refractivity contribution is 7.47. The molecule has 3 N–H and O–H groups in total. The molecule has 0 saturated heterocycles. The van der Waals surface area contributed by atoms with Crippen LogP contribution in [-0.4, -0.2) is 65.7 Å². The molecule has 282 valence electrons. The monoisotopic (exact) mass is 712 g/mol. The summed E-state index contributed by atoms with van der Waals surface area (Å²) < 4.78 is 32.5. The molecule has 10 nitrogen and oxygen atoms in total. The first kappa shape index (κ1) is 46.7. The summed E-state index contributed by atoms with van der Waals surface area (Å²) in [5.74, 6) is -0.994. The quantitative estimate of drug-likeness (QED) is 0.0261. The third kappa shape index (κ3) is 33.9. The number of rotatable bonds is 33. The minimum absolute atomic E-state index is 0.127. The third-order valence-electron chi connectivity index (χ3n) is 7.16. The molecule has 11 heteroatoms. The summed E-state index contributed by atoms with van der Waals surface area (Å²) in [4.78, 5) is 34.7. The van der Waals surface area contributed by atoms with Gasteiger partial charge >= 0.3 is 19.8 Å². The van der Waals surface area contributed by atoms with Gasteiger partial charge in [0.2, 0.25) is 0 Å². The molecule has 0 radical (unpaired) electrons. The fourth-order valence-corrected chi connectivity index (χ4v) is 5.10. The Hall–Kier alpha value is -2.33. The summed E-state index contributed by atoms with van der Waals surface area (Å²) in [5, 5.41) is 18.2. The second kappa shape index (κ2) is 34.1. The lowest BCUT2D eigenvalue weighted by Crippen LogP contribution is -2.29. The molecule has 0 aromatic carbocycles. The van der Waals surface area contributed by atoms with E-state index in [0.717, 1.165) is 77.0 Å². The summed E-state index contributed by atoms with van der Waals surface area (Å²) in [6.45, 7) is 2.13. The van der Waals surface area contributed by atoms with Gasteiger partial charge in [-0.25, -0.2) is 4.57 Å². The van der Waals surface area contributed by atoms with Crippen molar-refractivity contribution in [2.75, 3.05) is 26.4 Å². The van der Waals surface area contributed by atoms with Crippen LogP contribution in [0.15, 0.2) is 60.8 Å². The molecule has 0 amide bonds. The zero-order chi connectivity index (χ0) is 36.3. The summed E-state index contributed by atoms with van der Waals surface area (Å²) >= 11 is 0. The maximum absolute atomic E-state index is 12.5. The molecule has 0 aliphatic carbocycles. The van der Waals surface area contributed by atoms with Crippen LogP contribution in [0.25, 0.3) is 0 Å². The maximum Gasteiger partial charge on any atom is 0.472 e. The number of esters is 2. The van der Waals surface area contributed by atoms with Gasteiger partial charge in [-0.1, -0.05) is 107 Å². The Morgan fingerprint density at radius 2 is 1.12 bits per heavy atom. The van der Waals surface area contributed by atoms with E-state index in [-0.39, 0.29) is 19.4 Å². The lowest BCUT2D eigenvalue weighted by Gasteiger charge is -2.20. The third-order valence-corrected chi connectivity index (χ3v) is 8.11. The highest BCUT2D eigenvalue weighted by Crippen LogP contribution is 2.43. The number of phosphoric ester groups is 1. The number of carbonyl (C=O) groups excluding carboxylic acids is 2. The number of aliphatic hydroxyl groups is 2. The Morgan fingerprint density at radius 3 is 1.76 bits per heavy atom. The van der Waals surface area contributed by atoms with Crippen LogP contribution in [0.5, 0.6) is 0 Å². The van der Waals surface area contributed by atoms with Crippen LogP contribution in [0.3, 0.4) is 0 Å². The average Bonchev–Trinajstić information content (AvgIpc) is 3.09. The van der Waals surface area contributed by atoms with Crippen LogP contribution >= 0.6 is 7.82 Å². The van der Waals surface area contributed by atoms with Gasteiger partial charge in [0.05, 0.1) is 19.8 Å². The fraction of sp³-hybridized carbons (Fsp3) is 0.684. The van der Waals surface area contributed by atoms with Crippen LogP contribution in [-0.2, 0) is 32.7 Å². The van der Waals surface area contributed by atoms with E-state index in [4.69, 9.17) is 19.1 Å². The Morgan fingerprint density at radius 1 is 0.633 bits per heavy atom. The SMILES string of the molecule is CC/C=C\C/C=C\C/C=C\C/C=C\CCCCC(=O)OC(COC(=O)CCCCCCC/C=C\CCCC)COP(=O)(O)OCC(O)CO. The lowest BCUT2D eigenvalue weighted by atomic mass is 10.1. The van der Waals surface area contributed by atoms with E-state index in [1.54, 1.807) is 0 Å². The molecular formula is C38H65O10P. The number of unbranched alkanes of at least 4 members (excludes halogenated alkanes) is 9. The largest absolute Gasteiger partial charge is 0.472 e. The van der Waals surface area contributed by atoms with Crippen LogP contribution in [0, 0.1) is 0 Å². The second-order valence-corrected chi connectivity index (χ2v) is 13.3. The van der Waals surface area contributed by atoms with Gasteiger partial charge in [0.1, 0.15) is 12.7 Å². The number of carbonyl (C=O) groups is 2. The molecule has 0 aromatic heterocycles. The van der Waals surface area contributed by atoms with Crippen LogP contribution in [0.1, 0.15) is 129 Å². The van der Waals surface area contributed by atoms with Gasteiger partial charge in [-0.2, -0.15) is 0 Å². The first-order valence-electron chi connectivity index (χ1n) is 18.2. The summed E-state index contributed by atoms with van der Waals surface area (Å²) in [7, 11) is -4.62. The highest BCUT2D eigenvalue weighted by Gasteiger charge is 2.27. The number of allylic oxidation sites excluding steroid dienone is 10. The van der Waals surface area contributed by atoms with E-state index in [9.17, 15) is 24.2 Å². The average molecular weight is 713 g/mol. The van der Waals surface area contributed by atoms with Gasteiger partial charge in [0, 0.05) is 12.8 Å². The van der Waals surface area contributed by atoms with Gasteiger partial charge < -0.3 is 24.6 Å². The first-order valence-corrected chi connectivity index (χ1v) is 19.7. The van der Waals surface area contributed by atoms with E-state index >= 15 is 0 Å². The molecule has 0 aromatic rings. The lowest BCUT2D eigenvalue weighted by molar-refractivity contribution is -0.161. The van der Waals surface area contributed by atoms with Crippen molar-refractivity contribution in [2.45, 2.75) is 142 Å².